The second-order valence-corrected chi connectivity index (χ2v) is 4.89. The highest BCUT2D eigenvalue weighted by atomic mass is 32.2. The molecule has 0 spiro atoms. The fraction of sp³-hybridized carbons (Fsp3) is 0.727. The average molecular weight is 230 g/mol. The van der Waals surface area contributed by atoms with Gasteiger partial charge in [-0.25, -0.2) is 4.79 Å². The summed E-state index contributed by atoms with van der Waals surface area (Å²) >= 11 is 1.84. The van der Waals surface area contributed by atoms with Crippen LogP contribution in [0.5, 0.6) is 0 Å². The normalized spacial score (nSPS) is 26.7. The summed E-state index contributed by atoms with van der Waals surface area (Å²) in [6.07, 6.45) is 3.36. The van der Waals surface area contributed by atoms with Gasteiger partial charge in [-0.1, -0.05) is 6.08 Å². The van der Waals surface area contributed by atoms with Crippen molar-refractivity contribution in [1.82, 2.24) is 0 Å². The molecule has 86 valence electrons. The van der Waals surface area contributed by atoms with Crippen molar-refractivity contribution in [3.63, 3.8) is 0 Å². The third-order valence-electron chi connectivity index (χ3n) is 2.51. The summed E-state index contributed by atoms with van der Waals surface area (Å²) in [6, 6.07) is 0. The molecule has 0 aromatic heterocycles. The van der Waals surface area contributed by atoms with Crippen molar-refractivity contribution in [3.8, 4) is 0 Å². The first-order chi connectivity index (χ1) is 7.15. The van der Waals surface area contributed by atoms with Crippen molar-refractivity contribution < 1.29 is 14.3 Å². The monoisotopic (exact) mass is 230 g/mol. The number of methoxy groups -OCH3 is 1. The van der Waals surface area contributed by atoms with E-state index in [1.165, 1.54) is 7.11 Å². The molecule has 0 amide bonds. The number of esters is 1. The van der Waals surface area contributed by atoms with E-state index in [2.05, 4.69) is 11.7 Å². The van der Waals surface area contributed by atoms with Gasteiger partial charge in [0.05, 0.1) is 13.2 Å². The smallest absolute Gasteiger partial charge is 0.333 e. The van der Waals surface area contributed by atoms with E-state index < -0.39 is 0 Å². The lowest BCUT2D eigenvalue weighted by atomic mass is 10.3. The van der Waals surface area contributed by atoms with Gasteiger partial charge in [-0.2, -0.15) is 11.8 Å². The molecule has 1 aliphatic rings. The first-order valence-electron chi connectivity index (χ1n) is 5.13. The topological polar surface area (TPSA) is 35.5 Å². The maximum atomic E-state index is 11.1. The van der Waals surface area contributed by atoms with Gasteiger partial charge >= 0.3 is 5.97 Å². The van der Waals surface area contributed by atoms with Crippen LogP contribution in [-0.4, -0.2) is 36.8 Å². The van der Waals surface area contributed by atoms with Crippen LogP contribution in [0.3, 0.4) is 0 Å². The number of rotatable bonds is 4. The van der Waals surface area contributed by atoms with Crippen LogP contribution in [0.4, 0.5) is 0 Å². The largest absolute Gasteiger partial charge is 0.466 e. The van der Waals surface area contributed by atoms with E-state index in [0.29, 0.717) is 16.9 Å². The number of hydrogen-bond acceptors (Lipinski definition) is 4. The van der Waals surface area contributed by atoms with E-state index in [1.54, 1.807) is 6.92 Å². The van der Waals surface area contributed by atoms with Crippen molar-refractivity contribution in [1.29, 1.82) is 0 Å². The SMILES string of the molecule is COC(=O)C(C)=CCSC1CCOC1C. The van der Waals surface area contributed by atoms with Gasteiger partial charge in [0.2, 0.25) is 0 Å². The Morgan fingerprint density at radius 2 is 2.40 bits per heavy atom. The Kier molecular flexibility index (Phi) is 5.19. The predicted octanol–water partition coefficient (Wildman–Crippen LogP) is 2.02. The number of carbonyl (C=O) groups is 1. The minimum atomic E-state index is -0.244. The Morgan fingerprint density at radius 1 is 1.67 bits per heavy atom. The zero-order chi connectivity index (χ0) is 11.3. The van der Waals surface area contributed by atoms with Crippen LogP contribution in [0.2, 0.25) is 0 Å². The van der Waals surface area contributed by atoms with Crippen molar-refractivity contribution in [3.05, 3.63) is 11.6 Å². The molecule has 1 rings (SSSR count). The summed E-state index contributed by atoms with van der Waals surface area (Å²) < 4.78 is 10.1. The van der Waals surface area contributed by atoms with Crippen LogP contribution >= 0.6 is 11.8 Å². The quantitative estimate of drug-likeness (QED) is 0.547. The van der Waals surface area contributed by atoms with Crippen LogP contribution in [0, 0.1) is 0 Å². The van der Waals surface area contributed by atoms with E-state index in [-0.39, 0.29) is 5.97 Å². The van der Waals surface area contributed by atoms with E-state index in [9.17, 15) is 4.79 Å². The van der Waals surface area contributed by atoms with Gasteiger partial charge in [0.25, 0.3) is 0 Å². The number of thioether (sulfide) groups is 1. The Morgan fingerprint density at radius 3 is 2.93 bits per heavy atom. The molecule has 3 nitrogen and oxygen atoms in total. The van der Waals surface area contributed by atoms with Gasteiger partial charge in [0.15, 0.2) is 0 Å². The molecule has 0 N–H and O–H groups in total. The molecule has 0 bridgehead atoms. The lowest BCUT2D eigenvalue weighted by Gasteiger charge is -2.11. The maximum absolute atomic E-state index is 11.1. The van der Waals surface area contributed by atoms with Crippen LogP contribution in [0.15, 0.2) is 11.6 Å². The van der Waals surface area contributed by atoms with Crippen molar-refractivity contribution in [2.24, 2.45) is 0 Å². The second kappa shape index (κ2) is 6.18. The zero-order valence-electron chi connectivity index (χ0n) is 9.49. The Balaban J connectivity index is 2.28. The Bertz CT molecular complexity index is 250. The molecule has 0 aromatic rings. The van der Waals surface area contributed by atoms with Crippen LogP contribution in [-0.2, 0) is 14.3 Å². The van der Waals surface area contributed by atoms with Gasteiger partial charge < -0.3 is 9.47 Å². The highest BCUT2D eigenvalue weighted by molar-refractivity contribution is 8.00. The Labute approximate surface area is 95.2 Å². The average Bonchev–Trinajstić information content (AvgIpc) is 2.63. The van der Waals surface area contributed by atoms with Gasteiger partial charge in [-0.15, -0.1) is 0 Å². The lowest BCUT2D eigenvalue weighted by molar-refractivity contribution is -0.136. The fourth-order valence-corrected chi connectivity index (χ4v) is 2.68. The number of hydrogen-bond donors (Lipinski definition) is 0. The van der Waals surface area contributed by atoms with Crippen molar-refractivity contribution in [2.45, 2.75) is 31.6 Å². The molecule has 1 heterocycles. The lowest BCUT2D eigenvalue weighted by Crippen LogP contribution is -2.13. The molecule has 1 aliphatic heterocycles. The maximum Gasteiger partial charge on any atom is 0.333 e. The fourth-order valence-electron chi connectivity index (χ4n) is 1.47. The molecule has 1 fully saturated rings. The first kappa shape index (κ1) is 12.6. The minimum Gasteiger partial charge on any atom is -0.466 e. The molecule has 1 saturated heterocycles. The number of carbonyl (C=O) groups excluding carboxylic acids is 1. The third kappa shape index (κ3) is 3.87. The van der Waals surface area contributed by atoms with Crippen LogP contribution < -0.4 is 0 Å². The summed E-state index contributed by atoms with van der Waals surface area (Å²) in [4.78, 5) is 11.1. The summed E-state index contributed by atoms with van der Waals surface area (Å²) in [5.74, 6) is 0.602. The molecule has 0 aromatic carbocycles. The van der Waals surface area contributed by atoms with Gasteiger partial charge in [-0.3, -0.25) is 0 Å². The molecular weight excluding hydrogens is 212 g/mol. The molecular formula is C11H18O3S. The molecule has 0 aliphatic carbocycles. The van der Waals surface area contributed by atoms with Gasteiger partial charge in [0, 0.05) is 23.2 Å². The van der Waals surface area contributed by atoms with E-state index in [0.717, 1.165) is 18.8 Å². The molecule has 2 unspecified atom stereocenters. The van der Waals surface area contributed by atoms with Gasteiger partial charge in [0.1, 0.15) is 0 Å². The first-order valence-corrected chi connectivity index (χ1v) is 6.18. The highest BCUT2D eigenvalue weighted by Gasteiger charge is 2.23. The second-order valence-electron chi connectivity index (χ2n) is 3.62. The standard InChI is InChI=1S/C11H18O3S/c1-8(11(12)13-3)5-7-15-10-4-6-14-9(10)2/h5,9-10H,4,6-7H2,1-3H3. The summed E-state index contributed by atoms with van der Waals surface area (Å²) in [5.41, 5.74) is 0.677. The highest BCUT2D eigenvalue weighted by Crippen LogP contribution is 2.26. The summed E-state index contributed by atoms with van der Waals surface area (Å²) in [7, 11) is 1.40. The third-order valence-corrected chi connectivity index (χ3v) is 3.92. The minimum absolute atomic E-state index is 0.244. The predicted molar refractivity (Wildman–Crippen MR) is 62.1 cm³/mol. The molecule has 4 heteroatoms. The molecule has 0 saturated carbocycles. The Hall–Kier alpha value is -0.480. The van der Waals surface area contributed by atoms with E-state index in [4.69, 9.17) is 4.74 Å². The van der Waals surface area contributed by atoms with Crippen molar-refractivity contribution in [2.75, 3.05) is 19.5 Å². The number of ether oxygens (including phenoxy) is 2. The van der Waals surface area contributed by atoms with E-state index in [1.807, 2.05) is 17.8 Å². The summed E-state index contributed by atoms with van der Waals surface area (Å²) in [5, 5.41) is 0.562. The van der Waals surface area contributed by atoms with Crippen molar-refractivity contribution >= 4 is 17.7 Å². The zero-order valence-corrected chi connectivity index (χ0v) is 10.3. The van der Waals surface area contributed by atoms with Crippen LogP contribution in [0.25, 0.3) is 0 Å². The van der Waals surface area contributed by atoms with Gasteiger partial charge in [-0.05, 0) is 20.3 Å². The molecule has 0 radical (unpaired) electrons. The van der Waals surface area contributed by atoms with Crippen LogP contribution in [0.1, 0.15) is 20.3 Å². The molecule has 15 heavy (non-hydrogen) atoms. The molecule has 2 atom stereocenters. The van der Waals surface area contributed by atoms with E-state index >= 15 is 0 Å². The summed E-state index contributed by atoms with van der Waals surface area (Å²) in [6.45, 7) is 4.74.